The second kappa shape index (κ2) is 5.67. The molecule has 1 saturated heterocycles. The minimum atomic E-state index is -0.00237. The van der Waals surface area contributed by atoms with Gasteiger partial charge in [-0.1, -0.05) is 0 Å². The summed E-state index contributed by atoms with van der Waals surface area (Å²) in [5.74, 6) is -0.00237. The highest BCUT2D eigenvalue weighted by Gasteiger charge is 2.24. The predicted molar refractivity (Wildman–Crippen MR) is 66.9 cm³/mol. The van der Waals surface area contributed by atoms with Crippen molar-refractivity contribution in [1.82, 2.24) is 4.90 Å². The largest absolute Gasteiger partial charge is 0.337 e. The van der Waals surface area contributed by atoms with Gasteiger partial charge >= 0.3 is 0 Å². The van der Waals surface area contributed by atoms with Crippen molar-refractivity contribution in [1.29, 1.82) is 5.26 Å². The second-order valence-electron chi connectivity index (χ2n) is 3.99. The fourth-order valence-electron chi connectivity index (χ4n) is 1.84. The highest BCUT2D eigenvalue weighted by Crippen LogP contribution is 2.12. The molecule has 1 amide bonds. The van der Waals surface area contributed by atoms with Crippen molar-refractivity contribution in [2.24, 2.45) is 5.73 Å². The smallest absolute Gasteiger partial charge is 0.253 e. The van der Waals surface area contributed by atoms with E-state index in [0.717, 1.165) is 13.0 Å². The van der Waals surface area contributed by atoms with Crippen LogP contribution in [0.25, 0.3) is 0 Å². The average molecular weight is 252 g/mol. The van der Waals surface area contributed by atoms with Gasteiger partial charge in [-0.15, -0.1) is 12.4 Å². The predicted octanol–water partition coefficient (Wildman–Crippen LogP) is 1.15. The molecule has 0 aliphatic carbocycles. The van der Waals surface area contributed by atoms with Gasteiger partial charge in [-0.05, 0) is 30.7 Å². The van der Waals surface area contributed by atoms with E-state index in [9.17, 15) is 4.79 Å². The topological polar surface area (TPSA) is 70.1 Å². The van der Waals surface area contributed by atoms with E-state index >= 15 is 0 Å². The molecule has 1 fully saturated rings. The molecule has 0 saturated carbocycles. The van der Waals surface area contributed by atoms with Crippen molar-refractivity contribution < 1.29 is 4.79 Å². The Morgan fingerprint density at radius 1 is 1.41 bits per heavy atom. The molecule has 1 aliphatic heterocycles. The first-order chi connectivity index (χ1) is 7.70. The van der Waals surface area contributed by atoms with Gasteiger partial charge in [0.25, 0.3) is 5.91 Å². The van der Waals surface area contributed by atoms with E-state index in [2.05, 4.69) is 0 Å². The number of carbonyl (C=O) groups is 1. The summed E-state index contributed by atoms with van der Waals surface area (Å²) in [6, 6.07) is 8.81. The van der Waals surface area contributed by atoms with Gasteiger partial charge in [0, 0.05) is 24.7 Å². The Hall–Kier alpha value is -1.57. The van der Waals surface area contributed by atoms with E-state index in [1.165, 1.54) is 0 Å². The third-order valence-corrected chi connectivity index (χ3v) is 2.77. The number of hydrogen-bond donors (Lipinski definition) is 1. The zero-order chi connectivity index (χ0) is 11.5. The number of hydrogen-bond acceptors (Lipinski definition) is 3. The maximum atomic E-state index is 12.0. The number of benzene rings is 1. The minimum absolute atomic E-state index is 0. The average Bonchev–Trinajstić information content (AvgIpc) is 2.75. The molecule has 17 heavy (non-hydrogen) atoms. The SMILES string of the molecule is Cl.N#Cc1ccc(C(=O)N2CCC(N)C2)cc1. The Labute approximate surface area is 106 Å². The van der Waals surface area contributed by atoms with Crippen molar-refractivity contribution in [2.75, 3.05) is 13.1 Å². The zero-order valence-corrected chi connectivity index (χ0v) is 10.1. The van der Waals surface area contributed by atoms with E-state index in [1.807, 2.05) is 6.07 Å². The standard InChI is InChI=1S/C12H13N3O.ClH/c13-7-9-1-3-10(4-2-9)12(16)15-6-5-11(14)8-15;/h1-4,11H,5-6,8,14H2;1H. The Kier molecular flexibility index (Phi) is 4.50. The van der Waals surface area contributed by atoms with Crippen LogP contribution in [-0.4, -0.2) is 29.9 Å². The number of nitrogens with two attached hydrogens (primary N) is 1. The lowest BCUT2D eigenvalue weighted by Crippen LogP contribution is -2.31. The fraction of sp³-hybridized carbons (Fsp3) is 0.333. The van der Waals surface area contributed by atoms with Crippen molar-refractivity contribution in [2.45, 2.75) is 12.5 Å². The number of carbonyl (C=O) groups excluding carboxylic acids is 1. The van der Waals surface area contributed by atoms with Gasteiger partial charge in [0.05, 0.1) is 11.6 Å². The monoisotopic (exact) mass is 251 g/mol. The molecule has 1 aromatic rings. The molecular formula is C12H14ClN3O. The number of halogens is 1. The van der Waals surface area contributed by atoms with Crippen LogP contribution in [0.15, 0.2) is 24.3 Å². The van der Waals surface area contributed by atoms with Crippen molar-refractivity contribution in [3.63, 3.8) is 0 Å². The highest BCUT2D eigenvalue weighted by molar-refractivity contribution is 5.94. The van der Waals surface area contributed by atoms with Crippen molar-refractivity contribution in [3.05, 3.63) is 35.4 Å². The number of nitrogens with zero attached hydrogens (tertiary/aromatic N) is 2. The third kappa shape index (κ3) is 2.96. The van der Waals surface area contributed by atoms with Crippen LogP contribution in [0.1, 0.15) is 22.3 Å². The summed E-state index contributed by atoms with van der Waals surface area (Å²) in [7, 11) is 0. The van der Waals surface area contributed by atoms with Gasteiger partial charge in [0.2, 0.25) is 0 Å². The first-order valence-electron chi connectivity index (χ1n) is 5.25. The molecule has 1 aliphatic rings. The summed E-state index contributed by atoms with van der Waals surface area (Å²) in [6.45, 7) is 1.35. The Morgan fingerprint density at radius 2 is 2.06 bits per heavy atom. The first-order valence-corrected chi connectivity index (χ1v) is 5.25. The molecular weight excluding hydrogens is 238 g/mol. The molecule has 1 unspecified atom stereocenters. The molecule has 4 nitrogen and oxygen atoms in total. The minimum Gasteiger partial charge on any atom is -0.337 e. The van der Waals surface area contributed by atoms with Crippen molar-refractivity contribution in [3.8, 4) is 6.07 Å². The number of rotatable bonds is 1. The van der Waals surface area contributed by atoms with Crippen LogP contribution >= 0.6 is 12.4 Å². The lowest BCUT2D eigenvalue weighted by atomic mass is 10.1. The molecule has 0 bridgehead atoms. The van der Waals surface area contributed by atoms with Crippen molar-refractivity contribution >= 4 is 18.3 Å². The van der Waals surface area contributed by atoms with Crippen LogP contribution in [0.5, 0.6) is 0 Å². The fourth-order valence-corrected chi connectivity index (χ4v) is 1.84. The van der Waals surface area contributed by atoms with Gasteiger partial charge in [0.15, 0.2) is 0 Å². The molecule has 1 heterocycles. The molecule has 1 atom stereocenters. The van der Waals surface area contributed by atoms with Crippen LogP contribution in [0, 0.1) is 11.3 Å². The summed E-state index contributed by atoms with van der Waals surface area (Å²) < 4.78 is 0. The number of amides is 1. The third-order valence-electron chi connectivity index (χ3n) is 2.77. The van der Waals surface area contributed by atoms with Gasteiger partial charge in [-0.2, -0.15) is 5.26 Å². The van der Waals surface area contributed by atoms with Gasteiger partial charge in [0.1, 0.15) is 0 Å². The maximum absolute atomic E-state index is 12.0. The quantitative estimate of drug-likeness (QED) is 0.814. The molecule has 90 valence electrons. The van der Waals surface area contributed by atoms with Crippen LogP contribution in [0.2, 0.25) is 0 Å². The van der Waals surface area contributed by atoms with E-state index < -0.39 is 0 Å². The van der Waals surface area contributed by atoms with Crippen LogP contribution < -0.4 is 5.73 Å². The Morgan fingerprint density at radius 3 is 2.53 bits per heavy atom. The lowest BCUT2D eigenvalue weighted by Gasteiger charge is -2.15. The maximum Gasteiger partial charge on any atom is 0.253 e. The normalized spacial score (nSPS) is 18.4. The van der Waals surface area contributed by atoms with E-state index in [4.69, 9.17) is 11.0 Å². The molecule has 2 N–H and O–H groups in total. The van der Waals surface area contributed by atoms with Gasteiger partial charge in [-0.25, -0.2) is 0 Å². The molecule has 1 aromatic carbocycles. The Bertz CT molecular complexity index is 438. The van der Waals surface area contributed by atoms with Crippen LogP contribution in [0.3, 0.4) is 0 Å². The number of likely N-dealkylation sites (tertiary alicyclic amines) is 1. The molecule has 0 spiro atoms. The van der Waals surface area contributed by atoms with E-state index in [1.54, 1.807) is 29.2 Å². The molecule has 2 rings (SSSR count). The summed E-state index contributed by atoms with van der Waals surface area (Å²) in [5.41, 5.74) is 6.93. The Balaban J connectivity index is 0.00000144. The highest BCUT2D eigenvalue weighted by atomic mass is 35.5. The summed E-state index contributed by atoms with van der Waals surface area (Å²) in [4.78, 5) is 13.7. The lowest BCUT2D eigenvalue weighted by molar-refractivity contribution is 0.0791. The number of nitriles is 1. The zero-order valence-electron chi connectivity index (χ0n) is 9.30. The molecule has 5 heteroatoms. The molecule has 0 radical (unpaired) electrons. The summed E-state index contributed by atoms with van der Waals surface area (Å²) >= 11 is 0. The molecule has 0 aromatic heterocycles. The van der Waals surface area contributed by atoms with Gasteiger partial charge in [-0.3, -0.25) is 4.79 Å². The van der Waals surface area contributed by atoms with Crippen LogP contribution in [0.4, 0.5) is 0 Å². The van der Waals surface area contributed by atoms with E-state index in [-0.39, 0.29) is 24.4 Å². The first kappa shape index (κ1) is 13.5. The van der Waals surface area contributed by atoms with Gasteiger partial charge < -0.3 is 10.6 Å². The summed E-state index contributed by atoms with van der Waals surface area (Å²) in [6.07, 6.45) is 0.863. The summed E-state index contributed by atoms with van der Waals surface area (Å²) in [5, 5.41) is 8.65. The van der Waals surface area contributed by atoms with E-state index in [0.29, 0.717) is 17.7 Å². The second-order valence-corrected chi connectivity index (χ2v) is 3.99. The van der Waals surface area contributed by atoms with Crippen LogP contribution in [-0.2, 0) is 0 Å².